The summed E-state index contributed by atoms with van der Waals surface area (Å²) in [6.07, 6.45) is 1.90. The molecule has 16 heavy (non-hydrogen) atoms. The largest absolute Gasteiger partial charge is 0.352 e. The molecule has 1 saturated heterocycles. The molecule has 0 spiro atoms. The maximum absolute atomic E-state index is 11.8. The van der Waals surface area contributed by atoms with Gasteiger partial charge in [0.25, 0.3) is 0 Å². The lowest BCUT2D eigenvalue weighted by atomic mass is 10.2. The number of nitrogens with zero attached hydrogens (tertiary/aromatic N) is 1. The van der Waals surface area contributed by atoms with Crippen molar-refractivity contribution in [3.8, 4) is 0 Å². The van der Waals surface area contributed by atoms with Gasteiger partial charge in [-0.3, -0.25) is 9.59 Å². The van der Waals surface area contributed by atoms with Gasteiger partial charge in [-0.2, -0.15) is 0 Å². The SMILES string of the molecule is CC(C)NC(=O)CN(C)C(=O)[C@@H]1CCCN1. The molecule has 2 N–H and O–H groups in total. The van der Waals surface area contributed by atoms with E-state index >= 15 is 0 Å². The maximum Gasteiger partial charge on any atom is 0.239 e. The van der Waals surface area contributed by atoms with E-state index in [0.717, 1.165) is 19.4 Å². The third-order valence-corrected chi connectivity index (χ3v) is 2.57. The first-order valence-corrected chi connectivity index (χ1v) is 5.78. The summed E-state index contributed by atoms with van der Waals surface area (Å²) in [6, 6.07) is 0.0115. The highest BCUT2D eigenvalue weighted by Gasteiger charge is 2.25. The van der Waals surface area contributed by atoms with Crippen molar-refractivity contribution in [3.05, 3.63) is 0 Å². The van der Waals surface area contributed by atoms with Crippen LogP contribution in [0.2, 0.25) is 0 Å². The van der Waals surface area contributed by atoms with E-state index in [2.05, 4.69) is 10.6 Å². The van der Waals surface area contributed by atoms with Crippen LogP contribution in [0.4, 0.5) is 0 Å². The number of hydrogen-bond donors (Lipinski definition) is 2. The van der Waals surface area contributed by atoms with E-state index in [1.807, 2.05) is 13.8 Å². The predicted molar refractivity (Wildman–Crippen MR) is 61.9 cm³/mol. The van der Waals surface area contributed by atoms with Crippen LogP contribution in [-0.4, -0.2) is 48.9 Å². The third kappa shape index (κ3) is 3.81. The molecule has 0 aromatic heterocycles. The Hall–Kier alpha value is -1.10. The van der Waals surface area contributed by atoms with Crippen molar-refractivity contribution in [2.45, 2.75) is 38.8 Å². The third-order valence-electron chi connectivity index (χ3n) is 2.57. The monoisotopic (exact) mass is 227 g/mol. The number of hydrogen-bond acceptors (Lipinski definition) is 3. The Morgan fingerprint density at radius 1 is 1.50 bits per heavy atom. The molecule has 1 aliphatic heterocycles. The molecule has 92 valence electrons. The van der Waals surface area contributed by atoms with Crippen LogP contribution in [0, 0.1) is 0 Å². The Morgan fingerprint density at radius 2 is 2.19 bits per heavy atom. The lowest BCUT2D eigenvalue weighted by Gasteiger charge is -2.21. The second-order valence-corrected chi connectivity index (χ2v) is 4.57. The summed E-state index contributed by atoms with van der Waals surface area (Å²) in [4.78, 5) is 24.8. The number of carbonyl (C=O) groups is 2. The molecule has 0 unspecified atom stereocenters. The zero-order valence-corrected chi connectivity index (χ0v) is 10.2. The lowest BCUT2D eigenvalue weighted by molar-refractivity contribution is -0.136. The van der Waals surface area contributed by atoms with E-state index in [9.17, 15) is 9.59 Å². The van der Waals surface area contributed by atoms with Crippen molar-refractivity contribution in [1.82, 2.24) is 15.5 Å². The fraction of sp³-hybridized carbons (Fsp3) is 0.818. The van der Waals surface area contributed by atoms with E-state index in [0.29, 0.717) is 0 Å². The van der Waals surface area contributed by atoms with Crippen LogP contribution in [0.3, 0.4) is 0 Å². The molecule has 0 saturated carbocycles. The van der Waals surface area contributed by atoms with Gasteiger partial charge < -0.3 is 15.5 Å². The standard InChI is InChI=1S/C11H21N3O2/c1-8(2)13-10(15)7-14(3)11(16)9-5-4-6-12-9/h8-9,12H,4-7H2,1-3H3,(H,13,15)/t9-/m0/s1. The highest BCUT2D eigenvalue weighted by molar-refractivity contribution is 5.87. The second-order valence-electron chi connectivity index (χ2n) is 4.57. The van der Waals surface area contributed by atoms with Crippen molar-refractivity contribution in [1.29, 1.82) is 0 Å². The van der Waals surface area contributed by atoms with Crippen molar-refractivity contribution >= 4 is 11.8 Å². The topological polar surface area (TPSA) is 61.4 Å². The minimum absolute atomic E-state index is 0.0106. The van der Waals surface area contributed by atoms with E-state index in [1.54, 1.807) is 7.05 Å². The smallest absolute Gasteiger partial charge is 0.239 e. The summed E-state index contributed by atoms with van der Waals surface area (Å²) in [5.41, 5.74) is 0. The van der Waals surface area contributed by atoms with E-state index in [1.165, 1.54) is 4.90 Å². The minimum Gasteiger partial charge on any atom is -0.352 e. The number of amides is 2. The van der Waals surface area contributed by atoms with Gasteiger partial charge in [0.2, 0.25) is 11.8 Å². The molecule has 5 nitrogen and oxygen atoms in total. The van der Waals surface area contributed by atoms with Crippen molar-refractivity contribution < 1.29 is 9.59 Å². The fourth-order valence-electron chi connectivity index (χ4n) is 1.82. The highest BCUT2D eigenvalue weighted by atomic mass is 16.2. The highest BCUT2D eigenvalue weighted by Crippen LogP contribution is 2.07. The fourth-order valence-corrected chi connectivity index (χ4v) is 1.82. The van der Waals surface area contributed by atoms with Crippen LogP contribution in [0.5, 0.6) is 0 Å². The number of carbonyl (C=O) groups excluding carboxylic acids is 2. The molecule has 0 radical (unpaired) electrons. The lowest BCUT2D eigenvalue weighted by Crippen LogP contribution is -2.46. The zero-order chi connectivity index (χ0) is 12.1. The van der Waals surface area contributed by atoms with Crippen LogP contribution in [0.15, 0.2) is 0 Å². The number of likely N-dealkylation sites (N-methyl/N-ethyl adjacent to an activating group) is 1. The van der Waals surface area contributed by atoms with Crippen LogP contribution in [-0.2, 0) is 9.59 Å². The predicted octanol–water partition coefficient (Wildman–Crippen LogP) is -0.279. The molecule has 1 fully saturated rings. The van der Waals surface area contributed by atoms with Gasteiger partial charge in [0.15, 0.2) is 0 Å². The molecule has 5 heteroatoms. The van der Waals surface area contributed by atoms with Gasteiger partial charge in [-0.15, -0.1) is 0 Å². The molecule has 0 aliphatic carbocycles. The number of nitrogens with one attached hydrogen (secondary N) is 2. The Labute approximate surface area is 96.6 Å². The van der Waals surface area contributed by atoms with Gasteiger partial charge >= 0.3 is 0 Å². The molecule has 1 atom stereocenters. The molecule has 2 amide bonds. The van der Waals surface area contributed by atoms with Crippen molar-refractivity contribution in [3.63, 3.8) is 0 Å². The maximum atomic E-state index is 11.8. The van der Waals surface area contributed by atoms with Crippen LogP contribution < -0.4 is 10.6 Å². The first kappa shape index (κ1) is 13.0. The van der Waals surface area contributed by atoms with Gasteiger partial charge in [-0.25, -0.2) is 0 Å². The van der Waals surface area contributed by atoms with Crippen LogP contribution >= 0.6 is 0 Å². The summed E-state index contributed by atoms with van der Waals surface area (Å²) in [7, 11) is 1.67. The molecule has 1 rings (SSSR count). The van der Waals surface area contributed by atoms with Gasteiger partial charge in [0.1, 0.15) is 0 Å². The summed E-state index contributed by atoms with van der Waals surface area (Å²) in [5.74, 6) is -0.0970. The van der Waals surface area contributed by atoms with Crippen molar-refractivity contribution in [2.75, 3.05) is 20.1 Å². The van der Waals surface area contributed by atoms with Gasteiger partial charge in [0, 0.05) is 13.1 Å². The first-order chi connectivity index (χ1) is 7.50. The van der Waals surface area contributed by atoms with Gasteiger partial charge in [0.05, 0.1) is 12.6 Å². The number of rotatable bonds is 4. The summed E-state index contributed by atoms with van der Waals surface area (Å²) in [6.45, 7) is 4.83. The molecular weight excluding hydrogens is 206 g/mol. The van der Waals surface area contributed by atoms with E-state index < -0.39 is 0 Å². The Kier molecular flexibility index (Phi) is 4.73. The van der Waals surface area contributed by atoms with Crippen LogP contribution in [0.1, 0.15) is 26.7 Å². The molecular formula is C11H21N3O2. The van der Waals surface area contributed by atoms with Gasteiger partial charge in [-0.1, -0.05) is 0 Å². The van der Waals surface area contributed by atoms with Crippen molar-refractivity contribution in [2.24, 2.45) is 0 Å². The Morgan fingerprint density at radius 3 is 2.69 bits per heavy atom. The average Bonchev–Trinajstić information content (AvgIpc) is 2.67. The van der Waals surface area contributed by atoms with E-state index in [4.69, 9.17) is 0 Å². The Balaban J connectivity index is 2.35. The molecule has 0 aromatic rings. The average molecular weight is 227 g/mol. The van der Waals surface area contributed by atoms with E-state index in [-0.39, 0.29) is 30.4 Å². The quantitative estimate of drug-likeness (QED) is 0.694. The summed E-state index contributed by atoms with van der Waals surface area (Å²) >= 11 is 0. The second kappa shape index (κ2) is 5.84. The molecule has 1 aliphatic rings. The Bertz CT molecular complexity index is 260. The summed E-state index contributed by atoms with van der Waals surface area (Å²) < 4.78 is 0. The molecule has 1 heterocycles. The van der Waals surface area contributed by atoms with Crippen LogP contribution in [0.25, 0.3) is 0 Å². The normalized spacial score (nSPS) is 19.9. The minimum atomic E-state index is -0.108. The molecule has 0 aromatic carbocycles. The molecule has 0 bridgehead atoms. The summed E-state index contributed by atoms with van der Waals surface area (Å²) in [5, 5.41) is 5.89. The first-order valence-electron chi connectivity index (χ1n) is 5.78. The van der Waals surface area contributed by atoms with Gasteiger partial charge in [-0.05, 0) is 33.2 Å². The zero-order valence-electron chi connectivity index (χ0n) is 10.2.